The fourth-order valence-electron chi connectivity index (χ4n) is 5.65. The number of carbonyl (C=O) groups is 2. The van der Waals surface area contributed by atoms with Crippen LogP contribution >= 0.6 is 0 Å². The van der Waals surface area contributed by atoms with Crippen molar-refractivity contribution in [3.63, 3.8) is 0 Å². The van der Waals surface area contributed by atoms with Crippen molar-refractivity contribution < 1.29 is 24.2 Å². The summed E-state index contributed by atoms with van der Waals surface area (Å²) in [6.45, 7) is 2.13. The summed E-state index contributed by atoms with van der Waals surface area (Å²) in [5.74, 6) is 0.334. The van der Waals surface area contributed by atoms with Crippen molar-refractivity contribution in [1.82, 2.24) is 9.97 Å². The molecule has 2 aromatic rings. The SMILES string of the molecule is Nc1nc(NCCC2CCCO2)nc2c1C(=O)N(c1ccc(C3CCC(CC(=O)O)CC3)cc1)CCO2. The predicted octanol–water partition coefficient (Wildman–Crippen LogP) is 3.83. The van der Waals surface area contributed by atoms with E-state index in [9.17, 15) is 9.59 Å². The zero-order valence-corrected chi connectivity index (χ0v) is 21.0. The molecule has 1 unspecified atom stereocenters. The number of aliphatic carboxylic acids is 1. The molecule has 3 aliphatic rings. The maximum atomic E-state index is 13.5. The number of hydrogen-bond donors (Lipinski definition) is 3. The van der Waals surface area contributed by atoms with Crippen LogP contribution in [0.1, 0.15) is 73.2 Å². The molecule has 1 saturated heterocycles. The fraction of sp³-hybridized carbons (Fsp3) is 0.556. The molecule has 10 heteroatoms. The Morgan fingerprint density at radius 3 is 2.59 bits per heavy atom. The number of nitrogens with zero attached hydrogens (tertiary/aromatic N) is 3. The number of hydrogen-bond acceptors (Lipinski definition) is 8. The number of amides is 1. The van der Waals surface area contributed by atoms with Crippen LogP contribution in [0.25, 0.3) is 0 Å². The summed E-state index contributed by atoms with van der Waals surface area (Å²) in [4.78, 5) is 34.9. The molecule has 1 amide bonds. The van der Waals surface area contributed by atoms with Crippen LogP contribution in [0.3, 0.4) is 0 Å². The number of nitrogens with one attached hydrogen (secondary N) is 1. The minimum Gasteiger partial charge on any atom is -0.481 e. The van der Waals surface area contributed by atoms with Gasteiger partial charge in [0, 0.05) is 25.3 Å². The Morgan fingerprint density at radius 2 is 1.89 bits per heavy atom. The molecule has 3 heterocycles. The van der Waals surface area contributed by atoms with Gasteiger partial charge >= 0.3 is 5.97 Å². The highest BCUT2D eigenvalue weighted by Crippen LogP contribution is 2.38. The van der Waals surface area contributed by atoms with Crippen LogP contribution in [0.15, 0.2) is 24.3 Å². The number of carboxylic acids is 1. The molecule has 2 fully saturated rings. The normalized spacial score (nSPS) is 23.7. The lowest BCUT2D eigenvalue weighted by molar-refractivity contribution is -0.138. The Morgan fingerprint density at radius 1 is 1.11 bits per heavy atom. The molecular formula is C27H35N5O5. The number of aromatic nitrogens is 2. The van der Waals surface area contributed by atoms with Crippen molar-refractivity contribution in [1.29, 1.82) is 0 Å². The first kappa shape index (κ1) is 25.3. The van der Waals surface area contributed by atoms with Gasteiger partial charge in [0.15, 0.2) is 0 Å². The molecule has 5 rings (SSSR count). The van der Waals surface area contributed by atoms with Crippen molar-refractivity contribution in [2.24, 2.45) is 5.92 Å². The molecule has 4 N–H and O–H groups in total. The van der Waals surface area contributed by atoms with Gasteiger partial charge in [-0.15, -0.1) is 0 Å². The van der Waals surface area contributed by atoms with Gasteiger partial charge in [-0.25, -0.2) is 0 Å². The van der Waals surface area contributed by atoms with Gasteiger partial charge < -0.3 is 30.5 Å². The maximum absolute atomic E-state index is 13.5. The first-order valence-corrected chi connectivity index (χ1v) is 13.3. The topological polar surface area (TPSA) is 140 Å². The number of ether oxygens (including phenoxy) is 2. The molecule has 10 nitrogen and oxygen atoms in total. The van der Waals surface area contributed by atoms with E-state index in [1.54, 1.807) is 4.90 Å². The first-order valence-electron chi connectivity index (χ1n) is 13.3. The molecule has 0 spiro atoms. The zero-order chi connectivity index (χ0) is 25.8. The summed E-state index contributed by atoms with van der Waals surface area (Å²) in [6, 6.07) is 8.05. The third-order valence-electron chi connectivity index (χ3n) is 7.68. The Balaban J connectivity index is 1.24. The van der Waals surface area contributed by atoms with Gasteiger partial charge in [0.2, 0.25) is 11.8 Å². The number of anilines is 3. The molecule has 0 radical (unpaired) electrons. The highest BCUT2D eigenvalue weighted by atomic mass is 16.5. The van der Waals surface area contributed by atoms with Gasteiger partial charge in [0.1, 0.15) is 18.0 Å². The maximum Gasteiger partial charge on any atom is 0.303 e. The number of carbonyl (C=O) groups excluding carboxylic acids is 1. The predicted molar refractivity (Wildman–Crippen MR) is 139 cm³/mol. The van der Waals surface area contributed by atoms with E-state index < -0.39 is 5.97 Å². The first-order chi connectivity index (χ1) is 18.0. The second kappa shape index (κ2) is 11.3. The van der Waals surface area contributed by atoms with Crippen molar-refractivity contribution in [3.05, 3.63) is 35.4 Å². The third-order valence-corrected chi connectivity index (χ3v) is 7.68. The lowest BCUT2D eigenvalue weighted by atomic mass is 9.77. The van der Waals surface area contributed by atoms with E-state index >= 15 is 0 Å². The summed E-state index contributed by atoms with van der Waals surface area (Å²) in [5.41, 5.74) is 8.39. The van der Waals surface area contributed by atoms with Crippen LogP contribution in [-0.2, 0) is 9.53 Å². The van der Waals surface area contributed by atoms with E-state index in [2.05, 4.69) is 27.4 Å². The van der Waals surface area contributed by atoms with E-state index in [0.717, 1.165) is 57.2 Å². The highest BCUT2D eigenvalue weighted by molar-refractivity contribution is 6.10. The van der Waals surface area contributed by atoms with Crippen LogP contribution in [0, 0.1) is 5.92 Å². The zero-order valence-electron chi connectivity index (χ0n) is 21.0. The van der Waals surface area contributed by atoms with Gasteiger partial charge in [-0.1, -0.05) is 12.1 Å². The monoisotopic (exact) mass is 509 g/mol. The standard InChI is InChI=1S/C27H35N5O5/c28-24-23-25(31-27(30-24)29-12-11-21-2-1-14-36-21)37-15-13-32(26(23)35)20-9-7-19(8-10-20)18-5-3-17(4-6-18)16-22(33)34/h7-10,17-18,21H,1-6,11-16H2,(H,33,34)(H3,28,29,30,31). The highest BCUT2D eigenvalue weighted by Gasteiger charge is 2.30. The van der Waals surface area contributed by atoms with Crippen LogP contribution in [0.2, 0.25) is 0 Å². The number of rotatable bonds is 8. The quantitative estimate of drug-likeness (QED) is 0.484. The molecule has 198 valence electrons. The molecule has 0 bridgehead atoms. The average Bonchev–Trinajstić information content (AvgIpc) is 3.34. The Kier molecular flexibility index (Phi) is 7.73. The Bertz CT molecular complexity index is 1110. The number of benzene rings is 1. The lowest BCUT2D eigenvalue weighted by Gasteiger charge is -2.28. The second-order valence-corrected chi connectivity index (χ2v) is 10.2. The summed E-state index contributed by atoms with van der Waals surface area (Å²) in [6.07, 6.45) is 7.37. The Labute approximate surface area is 216 Å². The van der Waals surface area contributed by atoms with Crippen LogP contribution in [0.4, 0.5) is 17.5 Å². The largest absolute Gasteiger partial charge is 0.481 e. The molecular weight excluding hydrogens is 474 g/mol. The minimum atomic E-state index is -0.714. The average molecular weight is 510 g/mol. The van der Waals surface area contributed by atoms with E-state index in [1.807, 2.05) is 12.1 Å². The van der Waals surface area contributed by atoms with Crippen molar-refractivity contribution in [2.75, 3.05) is 42.3 Å². The van der Waals surface area contributed by atoms with Crippen molar-refractivity contribution in [2.45, 2.75) is 63.4 Å². The minimum absolute atomic E-state index is 0.0938. The lowest BCUT2D eigenvalue weighted by Crippen LogP contribution is -2.32. The third kappa shape index (κ3) is 5.95. The van der Waals surface area contributed by atoms with Gasteiger partial charge in [-0.05, 0) is 74.5 Å². The molecule has 1 saturated carbocycles. The van der Waals surface area contributed by atoms with E-state index in [4.69, 9.17) is 20.3 Å². The van der Waals surface area contributed by atoms with Crippen LogP contribution < -0.4 is 20.7 Å². The van der Waals surface area contributed by atoms with E-state index in [0.29, 0.717) is 31.6 Å². The van der Waals surface area contributed by atoms with E-state index in [-0.39, 0.29) is 41.6 Å². The Hall–Kier alpha value is -3.40. The van der Waals surface area contributed by atoms with Crippen LogP contribution in [-0.4, -0.2) is 59.4 Å². The number of carboxylic acid groups (broad SMARTS) is 1. The molecule has 2 aliphatic heterocycles. The number of nitrogens with two attached hydrogens (primary N) is 1. The summed E-state index contributed by atoms with van der Waals surface area (Å²) >= 11 is 0. The number of nitrogen functional groups attached to an aromatic ring is 1. The van der Waals surface area contributed by atoms with Crippen molar-refractivity contribution in [3.8, 4) is 5.88 Å². The summed E-state index contributed by atoms with van der Waals surface area (Å²) < 4.78 is 11.5. The van der Waals surface area contributed by atoms with Gasteiger partial charge in [-0.2, -0.15) is 9.97 Å². The molecule has 1 aromatic carbocycles. The van der Waals surface area contributed by atoms with E-state index in [1.165, 1.54) is 5.56 Å². The van der Waals surface area contributed by atoms with Gasteiger partial charge in [0.05, 0.1) is 12.6 Å². The number of fused-ring (bicyclic) bond motifs is 1. The smallest absolute Gasteiger partial charge is 0.303 e. The summed E-state index contributed by atoms with van der Waals surface area (Å²) in [7, 11) is 0. The molecule has 1 aliphatic carbocycles. The summed E-state index contributed by atoms with van der Waals surface area (Å²) in [5, 5.41) is 12.2. The van der Waals surface area contributed by atoms with Crippen LogP contribution in [0.5, 0.6) is 5.88 Å². The second-order valence-electron chi connectivity index (χ2n) is 10.2. The molecule has 1 atom stereocenters. The van der Waals surface area contributed by atoms with Gasteiger partial charge in [0.25, 0.3) is 5.91 Å². The van der Waals surface area contributed by atoms with Crippen molar-refractivity contribution >= 4 is 29.3 Å². The molecule has 1 aromatic heterocycles. The van der Waals surface area contributed by atoms with Gasteiger partial charge in [-0.3, -0.25) is 9.59 Å². The fourth-order valence-corrected chi connectivity index (χ4v) is 5.65. The molecule has 37 heavy (non-hydrogen) atoms.